The monoisotopic (exact) mass is 483 g/mol. The molecule has 0 saturated heterocycles. The third-order valence-electron chi connectivity index (χ3n) is 4.73. The van der Waals surface area contributed by atoms with E-state index in [0.29, 0.717) is 16.9 Å². The van der Waals surface area contributed by atoms with Gasteiger partial charge in [0.15, 0.2) is 15.6 Å². The van der Waals surface area contributed by atoms with Gasteiger partial charge >= 0.3 is 12.1 Å². The molecule has 0 aromatic heterocycles. The molecule has 0 heterocycles. The van der Waals surface area contributed by atoms with Crippen LogP contribution in [0.25, 0.3) is 11.1 Å². The first kappa shape index (κ1) is 23.6. The van der Waals surface area contributed by atoms with Gasteiger partial charge in [-0.1, -0.05) is 29.8 Å². The number of nitrogens with zero attached hydrogens (tertiary/aromatic N) is 1. The molecule has 0 bridgehead atoms. The Balaban J connectivity index is 1.95. The summed E-state index contributed by atoms with van der Waals surface area (Å²) >= 11 is 5.76. The summed E-state index contributed by atoms with van der Waals surface area (Å²) in [6.07, 6.45) is -4.58. The predicted octanol–water partition coefficient (Wildman–Crippen LogP) is 5.65. The maximum absolute atomic E-state index is 13.5. The van der Waals surface area contributed by atoms with Gasteiger partial charge in [-0.05, 0) is 59.7 Å². The van der Waals surface area contributed by atoms with Gasteiger partial charge in [-0.15, -0.1) is 0 Å². The van der Waals surface area contributed by atoms with Crippen molar-refractivity contribution in [1.82, 2.24) is 0 Å². The highest BCUT2D eigenvalue weighted by Gasteiger charge is 2.34. The van der Waals surface area contributed by atoms with Gasteiger partial charge < -0.3 is 10.0 Å². The molecule has 3 aromatic carbocycles. The van der Waals surface area contributed by atoms with Gasteiger partial charge in [0.1, 0.15) is 0 Å². The highest BCUT2D eigenvalue weighted by molar-refractivity contribution is 7.92. The van der Waals surface area contributed by atoms with E-state index >= 15 is 0 Å². The third-order valence-corrected chi connectivity index (χ3v) is 6.58. The normalized spacial score (nSPS) is 11.9. The molecule has 3 aromatic rings. The van der Waals surface area contributed by atoms with E-state index in [4.69, 9.17) is 16.7 Å². The van der Waals surface area contributed by atoms with Crippen LogP contribution in [0.15, 0.2) is 71.6 Å². The van der Waals surface area contributed by atoms with Gasteiger partial charge in [0.05, 0.1) is 10.5 Å². The molecule has 0 spiro atoms. The van der Waals surface area contributed by atoms with Crippen LogP contribution in [-0.2, 0) is 20.8 Å². The standard InChI is InChI=1S/C22H17ClF3NO4S/c1-27(16-6-8-18(9-7-16)32(30,31)13-21(28)29)17-4-2-3-14(11-17)19-10-5-15(23)12-20(19)22(24,25)26/h2-12H,13H2,1H3,(H,28,29). The largest absolute Gasteiger partial charge is 0.480 e. The minimum Gasteiger partial charge on any atom is -0.480 e. The second-order valence-electron chi connectivity index (χ2n) is 6.94. The number of benzene rings is 3. The summed E-state index contributed by atoms with van der Waals surface area (Å²) in [5.74, 6) is -2.48. The zero-order valence-electron chi connectivity index (χ0n) is 16.6. The van der Waals surface area contributed by atoms with E-state index < -0.39 is 33.3 Å². The van der Waals surface area contributed by atoms with Crippen LogP contribution >= 0.6 is 11.6 Å². The fraction of sp³-hybridized carbons (Fsp3) is 0.136. The zero-order valence-corrected chi connectivity index (χ0v) is 18.2. The Morgan fingerprint density at radius 1 is 1.00 bits per heavy atom. The summed E-state index contributed by atoms with van der Waals surface area (Å²) in [5.41, 5.74) is 0.583. The molecule has 0 amide bonds. The Bertz CT molecular complexity index is 1260. The molecule has 0 fully saturated rings. The maximum atomic E-state index is 13.5. The molecule has 0 aliphatic carbocycles. The maximum Gasteiger partial charge on any atom is 0.417 e. The van der Waals surface area contributed by atoms with Gasteiger partial charge in [-0.3, -0.25) is 4.79 Å². The predicted molar refractivity (Wildman–Crippen MR) is 116 cm³/mol. The molecule has 10 heteroatoms. The van der Waals surface area contributed by atoms with Gasteiger partial charge in [0.25, 0.3) is 0 Å². The topological polar surface area (TPSA) is 74.7 Å². The van der Waals surface area contributed by atoms with E-state index in [1.807, 2.05) is 0 Å². The van der Waals surface area contributed by atoms with Crippen LogP contribution in [-0.4, -0.2) is 32.3 Å². The number of hydrogen-bond acceptors (Lipinski definition) is 4. The van der Waals surface area contributed by atoms with E-state index in [0.717, 1.165) is 6.07 Å². The molecule has 3 rings (SSSR count). The van der Waals surface area contributed by atoms with Gasteiger partial charge in [0, 0.05) is 23.4 Å². The van der Waals surface area contributed by atoms with Crippen molar-refractivity contribution < 1.29 is 31.5 Å². The van der Waals surface area contributed by atoms with Crippen LogP contribution in [0.1, 0.15) is 5.56 Å². The molecular weight excluding hydrogens is 467 g/mol. The van der Waals surface area contributed by atoms with Crippen molar-refractivity contribution in [2.45, 2.75) is 11.1 Å². The second-order valence-corrected chi connectivity index (χ2v) is 9.37. The number of sulfone groups is 1. The van der Waals surface area contributed by atoms with Crippen molar-refractivity contribution in [3.05, 3.63) is 77.3 Å². The summed E-state index contributed by atoms with van der Waals surface area (Å²) < 4.78 is 64.6. The number of rotatable bonds is 6. The third kappa shape index (κ3) is 5.23. The Kier molecular flexibility index (Phi) is 6.52. The van der Waals surface area contributed by atoms with Crippen molar-refractivity contribution in [2.24, 2.45) is 0 Å². The van der Waals surface area contributed by atoms with Gasteiger partial charge in [0.2, 0.25) is 0 Å². The number of carbonyl (C=O) groups is 1. The average molecular weight is 484 g/mol. The molecule has 0 aliphatic heterocycles. The van der Waals surface area contributed by atoms with Gasteiger partial charge in [-0.25, -0.2) is 8.42 Å². The summed E-state index contributed by atoms with van der Waals surface area (Å²) in [5, 5.41) is 8.72. The number of hydrogen-bond donors (Lipinski definition) is 1. The van der Waals surface area contributed by atoms with Crippen LogP contribution < -0.4 is 4.90 Å². The highest BCUT2D eigenvalue weighted by Crippen LogP contribution is 2.39. The molecule has 0 radical (unpaired) electrons. The van der Waals surface area contributed by atoms with Crippen LogP contribution in [0.4, 0.5) is 24.5 Å². The summed E-state index contributed by atoms with van der Waals surface area (Å²) in [7, 11) is -2.29. The van der Waals surface area contributed by atoms with E-state index in [9.17, 15) is 26.4 Å². The van der Waals surface area contributed by atoms with Crippen molar-refractivity contribution in [2.75, 3.05) is 17.7 Å². The number of anilines is 2. The van der Waals surface area contributed by atoms with Gasteiger partial charge in [-0.2, -0.15) is 13.2 Å². The van der Waals surface area contributed by atoms with Crippen LogP contribution in [0.5, 0.6) is 0 Å². The van der Waals surface area contributed by atoms with E-state index in [-0.39, 0.29) is 15.5 Å². The fourth-order valence-corrected chi connectivity index (χ4v) is 4.37. The summed E-state index contributed by atoms with van der Waals surface area (Å²) in [6.45, 7) is 0. The first-order valence-electron chi connectivity index (χ1n) is 9.14. The Labute approximate surface area is 187 Å². The van der Waals surface area contributed by atoms with Crippen molar-refractivity contribution >= 4 is 38.8 Å². The minimum absolute atomic E-state index is 0.0210. The Morgan fingerprint density at radius 2 is 1.66 bits per heavy atom. The first-order chi connectivity index (χ1) is 14.9. The molecule has 168 valence electrons. The second kappa shape index (κ2) is 8.84. The lowest BCUT2D eigenvalue weighted by Crippen LogP contribution is -2.15. The summed E-state index contributed by atoms with van der Waals surface area (Å²) in [4.78, 5) is 12.3. The van der Waals surface area contributed by atoms with Crippen molar-refractivity contribution in [1.29, 1.82) is 0 Å². The molecule has 0 atom stereocenters. The molecule has 0 unspecified atom stereocenters. The highest BCUT2D eigenvalue weighted by atomic mass is 35.5. The number of aliphatic carboxylic acids is 1. The molecule has 1 N–H and O–H groups in total. The van der Waals surface area contributed by atoms with Crippen molar-refractivity contribution in [3.8, 4) is 11.1 Å². The quantitative estimate of drug-likeness (QED) is 0.490. The van der Waals surface area contributed by atoms with E-state index in [1.165, 1.54) is 36.4 Å². The molecule has 32 heavy (non-hydrogen) atoms. The lowest BCUT2D eigenvalue weighted by atomic mass is 9.98. The smallest absolute Gasteiger partial charge is 0.417 e. The van der Waals surface area contributed by atoms with E-state index in [1.54, 1.807) is 36.2 Å². The van der Waals surface area contributed by atoms with E-state index in [2.05, 4.69) is 0 Å². The molecule has 5 nitrogen and oxygen atoms in total. The lowest BCUT2D eigenvalue weighted by molar-refractivity contribution is -0.137. The molecule has 0 aliphatic rings. The van der Waals surface area contributed by atoms with Crippen LogP contribution in [0, 0.1) is 0 Å². The average Bonchev–Trinajstić information content (AvgIpc) is 2.72. The number of alkyl halides is 3. The zero-order chi connectivity index (χ0) is 23.7. The molecule has 0 saturated carbocycles. The first-order valence-corrected chi connectivity index (χ1v) is 11.2. The van der Waals surface area contributed by atoms with Crippen LogP contribution in [0.3, 0.4) is 0 Å². The SMILES string of the molecule is CN(c1ccc(S(=O)(=O)CC(=O)O)cc1)c1cccc(-c2ccc(Cl)cc2C(F)(F)F)c1. The number of carboxylic acid groups (broad SMARTS) is 1. The Morgan fingerprint density at radius 3 is 2.25 bits per heavy atom. The number of halogens is 4. The fourth-order valence-electron chi connectivity index (χ4n) is 3.16. The Hall–Kier alpha value is -3.04. The lowest BCUT2D eigenvalue weighted by Gasteiger charge is -2.21. The van der Waals surface area contributed by atoms with Crippen molar-refractivity contribution in [3.63, 3.8) is 0 Å². The van der Waals surface area contributed by atoms with Crippen LogP contribution in [0.2, 0.25) is 5.02 Å². The summed E-state index contributed by atoms with van der Waals surface area (Å²) in [6, 6.07) is 15.6. The minimum atomic E-state index is -4.58. The molecular formula is C22H17ClF3NO4S. The number of carboxylic acids is 1.